The third kappa shape index (κ3) is 4.11. The fourth-order valence-corrected chi connectivity index (χ4v) is 2.98. The van der Waals surface area contributed by atoms with Crippen molar-refractivity contribution in [1.82, 2.24) is 10.2 Å². The van der Waals surface area contributed by atoms with Gasteiger partial charge in [0.2, 0.25) is 0 Å². The van der Waals surface area contributed by atoms with Gasteiger partial charge in [0.25, 0.3) is 0 Å². The maximum absolute atomic E-state index is 6.28. The normalized spacial score (nSPS) is 18.2. The minimum absolute atomic E-state index is 0.606. The van der Waals surface area contributed by atoms with E-state index in [4.69, 9.17) is 11.6 Å². The van der Waals surface area contributed by atoms with Crippen LogP contribution in [0.25, 0.3) is 0 Å². The second kappa shape index (κ2) is 7.87. The van der Waals surface area contributed by atoms with Crippen LogP contribution in [0.3, 0.4) is 0 Å². The molecule has 0 aromatic heterocycles. The van der Waals surface area contributed by atoms with Gasteiger partial charge in [-0.25, -0.2) is 0 Å². The van der Waals surface area contributed by atoms with Crippen molar-refractivity contribution >= 4 is 17.3 Å². The number of rotatable bonds is 6. The monoisotopic (exact) mass is 295 g/mol. The molecular weight excluding hydrogens is 270 g/mol. The highest BCUT2D eigenvalue weighted by Gasteiger charge is 2.21. The Morgan fingerprint density at radius 3 is 2.55 bits per heavy atom. The van der Waals surface area contributed by atoms with Crippen molar-refractivity contribution in [3.8, 4) is 0 Å². The third-order valence-electron chi connectivity index (χ3n) is 4.00. The van der Waals surface area contributed by atoms with Crippen LogP contribution < -0.4 is 10.2 Å². The number of benzene rings is 1. The minimum atomic E-state index is 0.606. The molecule has 1 atom stereocenters. The largest absolute Gasteiger partial charge is 0.368 e. The van der Waals surface area contributed by atoms with Crippen LogP contribution in [0.1, 0.15) is 20.3 Å². The Kier molecular flexibility index (Phi) is 6.14. The molecule has 1 saturated heterocycles. The first-order valence-corrected chi connectivity index (χ1v) is 8.04. The summed E-state index contributed by atoms with van der Waals surface area (Å²) in [6.07, 6.45) is 1.20. The van der Waals surface area contributed by atoms with Crippen LogP contribution in [0.2, 0.25) is 5.02 Å². The van der Waals surface area contributed by atoms with Gasteiger partial charge >= 0.3 is 0 Å². The lowest BCUT2D eigenvalue weighted by molar-refractivity contribution is 0.193. The lowest BCUT2D eigenvalue weighted by Gasteiger charge is -2.39. The van der Waals surface area contributed by atoms with Crippen molar-refractivity contribution in [3.05, 3.63) is 29.3 Å². The van der Waals surface area contributed by atoms with E-state index in [1.807, 2.05) is 12.1 Å². The van der Waals surface area contributed by atoms with Crippen LogP contribution in [-0.4, -0.2) is 50.2 Å². The van der Waals surface area contributed by atoms with E-state index >= 15 is 0 Å². The first-order valence-electron chi connectivity index (χ1n) is 7.66. The van der Waals surface area contributed by atoms with Crippen molar-refractivity contribution in [3.63, 3.8) is 0 Å². The van der Waals surface area contributed by atoms with Gasteiger partial charge in [-0.3, -0.25) is 4.90 Å². The average Bonchev–Trinajstić information content (AvgIpc) is 2.48. The van der Waals surface area contributed by atoms with Gasteiger partial charge in [-0.2, -0.15) is 0 Å². The summed E-state index contributed by atoms with van der Waals surface area (Å²) < 4.78 is 0. The molecule has 1 unspecified atom stereocenters. The molecule has 0 spiro atoms. The van der Waals surface area contributed by atoms with Crippen LogP contribution in [0, 0.1) is 0 Å². The molecule has 1 heterocycles. The average molecular weight is 296 g/mol. The lowest BCUT2D eigenvalue weighted by atomic mass is 10.2. The van der Waals surface area contributed by atoms with Gasteiger partial charge in [0.1, 0.15) is 0 Å². The number of anilines is 1. The van der Waals surface area contributed by atoms with E-state index in [1.165, 1.54) is 12.1 Å². The minimum Gasteiger partial charge on any atom is -0.368 e. The highest BCUT2D eigenvalue weighted by atomic mass is 35.5. The summed E-state index contributed by atoms with van der Waals surface area (Å²) in [7, 11) is 0. The number of nitrogens with zero attached hydrogens (tertiary/aromatic N) is 2. The second-order valence-corrected chi connectivity index (χ2v) is 5.93. The third-order valence-corrected chi connectivity index (χ3v) is 4.32. The highest BCUT2D eigenvalue weighted by Crippen LogP contribution is 2.26. The first-order chi connectivity index (χ1) is 9.72. The van der Waals surface area contributed by atoms with Gasteiger partial charge in [-0.05, 0) is 32.0 Å². The van der Waals surface area contributed by atoms with Crippen LogP contribution in [0.4, 0.5) is 5.69 Å². The standard InChI is InChI=1S/C16H26ClN3/c1-3-8-18-13-14(2)19-9-11-20(12-10-19)16-7-5-4-6-15(16)17/h4-7,14,18H,3,8-13H2,1-2H3. The molecule has 112 valence electrons. The highest BCUT2D eigenvalue weighted by molar-refractivity contribution is 6.33. The SMILES string of the molecule is CCCNCC(C)N1CCN(c2ccccc2Cl)CC1. The Morgan fingerprint density at radius 2 is 1.90 bits per heavy atom. The van der Waals surface area contributed by atoms with Crippen molar-refractivity contribution in [2.75, 3.05) is 44.2 Å². The lowest BCUT2D eigenvalue weighted by Crippen LogP contribution is -2.52. The summed E-state index contributed by atoms with van der Waals surface area (Å²) in [6, 6.07) is 8.74. The molecule has 1 aliphatic heterocycles. The number of hydrogen-bond donors (Lipinski definition) is 1. The van der Waals surface area contributed by atoms with Crippen LogP contribution in [-0.2, 0) is 0 Å². The Morgan fingerprint density at radius 1 is 1.20 bits per heavy atom. The zero-order chi connectivity index (χ0) is 14.4. The van der Waals surface area contributed by atoms with Crippen LogP contribution in [0.5, 0.6) is 0 Å². The molecule has 1 fully saturated rings. The number of para-hydroxylation sites is 1. The molecule has 1 aromatic carbocycles. The fraction of sp³-hybridized carbons (Fsp3) is 0.625. The second-order valence-electron chi connectivity index (χ2n) is 5.53. The summed E-state index contributed by atoms with van der Waals surface area (Å²) in [5, 5.41) is 4.37. The molecule has 0 radical (unpaired) electrons. The Hall–Kier alpha value is -0.770. The Bertz CT molecular complexity index is 402. The summed E-state index contributed by atoms with van der Waals surface area (Å²) >= 11 is 6.28. The fourth-order valence-electron chi connectivity index (χ4n) is 2.73. The predicted octanol–water partition coefficient (Wildman–Crippen LogP) is 2.85. The molecule has 1 aromatic rings. The van der Waals surface area contributed by atoms with Crippen molar-refractivity contribution in [2.45, 2.75) is 26.3 Å². The summed E-state index contributed by atoms with van der Waals surface area (Å²) in [6.45, 7) is 11.1. The molecular formula is C16H26ClN3. The summed E-state index contributed by atoms with van der Waals surface area (Å²) in [5.74, 6) is 0. The molecule has 4 heteroatoms. The smallest absolute Gasteiger partial charge is 0.0639 e. The molecule has 2 rings (SSSR count). The Labute approximate surface area is 127 Å². The van der Waals surface area contributed by atoms with E-state index in [0.29, 0.717) is 6.04 Å². The van der Waals surface area contributed by atoms with Gasteiger partial charge in [0.05, 0.1) is 10.7 Å². The zero-order valence-corrected chi connectivity index (χ0v) is 13.4. The molecule has 0 aliphatic carbocycles. The van der Waals surface area contributed by atoms with E-state index in [9.17, 15) is 0 Å². The quantitative estimate of drug-likeness (QED) is 0.814. The molecule has 0 amide bonds. The summed E-state index contributed by atoms with van der Waals surface area (Å²) in [4.78, 5) is 4.96. The number of piperazine rings is 1. The van der Waals surface area contributed by atoms with Gasteiger partial charge in [0.15, 0.2) is 0 Å². The number of halogens is 1. The van der Waals surface area contributed by atoms with E-state index in [0.717, 1.165) is 44.3 Å². The van der Waals surface area contributed by atoms with Gasteiger partial charge in [-0.1, -0.05) is 30.7 Å². The topological polar surface area (TPSA) is 18.5 Å². The summed E-state index contributed by atoms with van der Waals surface area (Å²) in [5.41, 5.74) is 1.17. The predicted molar refractivity (Wildman–Crippen MR) is 87.9 cm³/mol. The number of nitrogens with one attached hydrogen (secondary N) is 1. The van der Waals surface area contributed by atoms with E-state index in [-0.39, 0.29) is 0 Å². The van der Waals surface area contributed by atoms with Gasteiger partial charge in [-0.15, -0.1) is 0 Å². The van der Waals surface area contributed by atoms with Crippen molar-refractivity contribution < 1.29 is 0 Å². The first kappa shape index (κ1) is 15.6. The van der Waals surface area contributed by atoms with E-state index in [1.54, 1.807) is 0 Å². The van der Waals surface area contributed by atoms with Crippen molar-refractivity contribution in [2.24, 2.45) is 0 Å². The van der Waals surface area contributed by atoms with Crippen LogP contribution in [0.15, 0.2) is 24.3 Å². The van der Waals surface area contributed by atoms with Crippen molar-refractivity contribution in [1.29, 1.82) is 0 Å². The maximum atomic E-state index is 6.28. The van der Waals surface area contributed by atoms with E-state index < -0.39 is 0 Å². The molecule has 3 nitrogen and oxygen atoms in total. The van der Waals surface area contributed by atoms with Gasteiger partial charge < -0.3 is 10.2 Å². The molecule has 1 aliphatic rings. The van der Waals surface area contributed by atoms with E-state index in [2.05, 4.69) is 41.1 Å². The molecule has 0 saturated carbocycles. The van der Waals surface area contributed by atoms with Crippen LogP contribution >= 0.6 is 11.6 Å². The maximum Gasteiger partial charge on any atom is 0.0639 e. The molecule has 0 bridgehead atoms. The molecule has 20 heavy (non-hydrogen) atoms. The number of hydrogen-bond acceptors (Lipinski definition) is 3. The Balaban J connectivity index is 1.82. The zero-order valence-electron chi connectivity index (χ0n) is 12.6. The molecule has 1 N–H and O–H groups in total. The van der Waals surface area contributed by atoms with Gasteiger partial charge in [0, 0.05) is 38.8 Å².